The number of fused-ring (bicyclic) bond motifs is 1. The third-order valence-electron chi connectivity index (χ3n) is 3.22. The van der Waals surface area contributed by atoms with Crippen molar-refractivity contribution in [2.45, 2.75) is 12.5 Å². The molecule has 0 aliphatic carbocycles. The zero-order chi connectivity index (χ0) is 11.0. The van der Waals surface area contributed by atoms with Gasteiger partial charge in [0.25, 0.3) is 0 Å². The SMILES string of the molecule is Cn1cc(C2CNCc3ccccc32)cn1. The van der Waals surface area contributed by atoms with Gasteiger partial charge < -0.3 is 5.32 Å². The summed E-state index contributed by atoms with van der Waals surface area (Å²) in [6.45, 7) is 1.98. The third-order valence-corrected chi connectivity index (χ3v) is 3.22. The van der Waals surface area contributed by atoms with Crippen molar-refractivity contribution in [2.24, 2.45) is 7.05 Å². The monoisotopic (exact) mass is 213 g/mol. The van der Waals surface area contributed by atoms with Gasteiger partial charge >= 0.3 is 0 Å². The van der Waals surface area contributed by atoms with Gasteiger partial charge in [-0.1, -0.05) is 24.3 Å². The van der Waals surface area contributed by atoms with Crippen LogP contribution < -0.4 is 5.32 Å². The zero-order valence-electron chi connectivity index (χ0n) is 9.35. The number of nitrogens with one attached hydrogen (secondary N) is 1. The maximum Gasteiger partial charge on any atom is 0.0528 e. The van der Waals surface area contributed by atoms with Crippen molar-refractivity contribution in [1.82, 2.24) is 15.1 Å². The van der Waals surface area contributed by atoms with Crippen LogP contribution in [0.1, 0.15) is 22.6 Å². The average Bonchev–Trinajstić information content (AvgIpc) is 2.75. The van der Waals surface area contributed by atoms with Crippen molar-refractivity contribution in [1.29, 1.82) is 0 Å². The van der Waals surface area contributed by atoms with E-state index < -0.39 is 0 Å². The van der Waals surface area contributed by atoms with Gasteiger partial charge in [-0.25, -0.2) is 0 Å². The summed E-state index contributed by atoms with van der Waals surface area (Å²) in [6.07, 6.45) is 4.07. The van der Waals surface area contributed by atoms with Crippen LogP contribution in [0.5, 0.6) is 0 Å². The summed E-state index contributed by atoms with van der Waals surface area (Å²) >= 11 is 0. The van der Waals surface area contributed by atoms with Gasteiger partial charge in [-0.3, -0.25) is 4.68 Å². The zero-order valence-corrected chi connectivity index (χ0v) is 9.35. The Balaban J connectivity index is 2.04. The quantitative estimate of drug-likeness (QED) is 0.780. The van der Waals surface area contributed by atoms with E-state index in [-0.39, 0.29) is 0 Å². The molecule has 3 nitrogen and oxygen atoms in total. The molecule has 1 N–H and O–H groups in total. The lowest BCUT2D eigenvalue weighted by Crippen LogP contribution is -2.28. The van der Waals surface area contributed by atoms with Crippen LogP contribution in [-0.2, 0) is 13.6 Å². The fourth-order valence-corrected chi connectivity index (χ4v) is 2.41. The number of hydrogen-bond acceptors (Lipinski definition) is 2. The Kier molecular flexibility index (Phi) is 2.26. The van der Waals surface area contributed by atoms with Crippen molar-refractivity contribution >= 4 is 0 Å². The van der Waals surface area contributed by atoms with Gasteiger partial charge in [-0.05, 0) is 16.7 Å². The average molecular weight is 213 g/mol. The second kappa shape index (κ2) is 3.76. The minimum atomic E-state index is 0.443. The number of aromatic nitrogens is 2. The van der Waals surface area contributed by atoms with Crippen molar-refractivity contribution in [3.63, 3.8) is 0 Å². The summed E-state index contributed by atoms with van der Waals surface area (Å²) in [5, 5.41) is 7.72. The number of rotatable bonds is 1. The van der Waals surface area contributed by atoms with E-state index in [1.54, 1.807) is 0 Å². The summed E-state index contributed by atoms with van der Waals surface area (Å²) in [5.41, 5.74) is 4.14. The Bertz CT molecular complexity index is 501. The highest BCUT2D eigenvalue weighted by Gasteiger charge is 2.21. The predicted octanol–water partition coefficient (Wildman–Crippen LogP) is 1.66. The lowest BCUT2D eigenvalue weighted by Gasteiger charge is -2.25. The highest BCUT2D eigenvalue weighted by molar-refractivity contribution is 5.38. The first-order valence-electron chi connectivity index (χ1n) is 5.61. The molecule has 0 radical (unpaired) electrons. The van der Waals surface area contributed by atoms with Gasteiger partial charge in [-0.2, -0.15) is 5.10 Å². The predicted molar refractivity (Wildman–Crippen MR) is 63.2 cm³/mol. The molecule has 1 aliphatic heterocycles. The molecule has 0 spiro atoms. The molecule has 1 atom stereocenters. The molecule has 0 bridgehead atoms. The van der Waals surface area contributed by atoms with E-state index >= 15 is 0 Å². The molecule has 2 aromatic rings. The topological polar surface area (TPSA) is 29.9 Å². The van der Waals surface area contributed by atoms with E-state index in [9.17, 15) is 0 Å². The van der Waals surface area contributed by atoms with Crippen LogP contribution in [0.4, 0.5) is 0 Å². The van der Waals surface area contributed by atoms with Crippen LogP contribution in [0.3, 0.4) is 0 Å². The Hall–Kier alpha value is -1.61. The molecule has 0 saturated heterocycles. The van der Waals surface area contributed by atoms with E-state index in [1.807, 2.05) is 17.9 Å². The maximum absolute atomic E-state index is 4.25. The molecule has 0 fully saturated rings. The summed E-state index contributed by atoms with van der Waals surface area (Å²) in [7, 11) is 1.96. The standard InChI is InChI=1S/C13H15N3/c1-16-9-11(7-15-16)13-8-14-6-10-4-2-3-5-12(10)13/h2-5,7,9,13-14H,6,8H2,1H3. The molecule has 16 heavy (non-hydrogen) atoms. The van der Waals surface area contributed by atoms with Gasteiger partial charge in [0, 0.05) is 32.3 Å². The largest absolute Gasteiger partial charge is 0.312 e. The molecule has 3 rings (SSSR count). The highest BCUT2D eigenvalue weighted by Crippen LogP contribution is 2.29. The number of aryl methyl sites for hydroxylation is 1. The van der Waals surface area contributed by atoms with Crippen LogP contribution in [0, 0.1) is 0 Å². The fraction of sp³-hybridized carbons (Fsp3) is 0.308. The van der Waals surface area contributed by atoms with Crippen LogP contribution >= 0.6 is 0 Å². The van der Waals surface area contributed by atoms with Crippen LogP contribution in [0.25, 0.3) is 0 Å². The van der Waals surface area contributed by atoms with E-state index in [0.717, 1.165) is 13.1 Å². The first kappa shape index (κ1) is 9.60. The van der Waals surface area contributed by atoms with Gasteiger partial charge in [-0.15, -0.1) is 0 Å². The van der Waals surface area contributed by atoms with E-state index in [4.69, 9.17) is 0 Å². The number of nitrogens with zero attached hydrogens (tertiary/aromatic N) is 2. The summed E-state index contributed by atoms with van der Waals surface area (Å²) in [4.78, 5) is 0. The second-order valence-corrected chi connectivity index (χ2v) is 4.33. The van der Waals surface area contributed by atoms with Gasteiger partial charge in [0.05, 0.1) is 6.20 Å². The lowest BCUT2D eigenvalue weighted by molar-refractivity contribution is 0.591. The normalized spacial score (nSPS) is 19.4. The molecule has 0 amide bonds. The molecule has 1 aromatic carbocycles. The molecular weight excluding hydrogens is 198 g/mol. The summed E-state index contributed by atoms with van der Waals surface area (Å²) in [6, 6.07) is 8.65. The molecule has 3 heteroatoms. The smallest absolute Gasteiger partial charge is 0.0528 e. The van der Waals surface area contributed by atoms with Crippen molar-refractivity contribution in [2.75, 3.05) is 6.54 Å². The number of hydrogen-bond donors (Lipinski definition) is 1. The van der Waals surface area contributed by atoms with Gasteiger partial charge in [0.1, 0.15) is 0 Å². The maximum atomic E-state index is 4.25. The summed E-state index contributed by atoms with van der Waals surface area (Å²) in [5.74, 6) is 0.443. The number of benzene rings is 1. The van der Waals surface area contributed by atoms with E-state index in [0.29, 0.717) is 5.92 Å². The molecular formula is C13H15N3. The van der Waals surface area contributed by atoms with Crippen molar-refractivity contribution in [3.8, 4) is 0 Å². The Morgan fingerprint density at radius 1 is 1.38 bits per heavy atom. The molecule has 2 heterocycles. The van der Waals surface area contributed by atoms with Crippen LogP contribution in [0.15, 0.2) is 36.7 Å². The molecule has 1 aliphatic rings. The minimum absolute atomic E-state index is 0.443. The molecule has 82 valence electrons. The third kappa shape index (κ3) is 1.53. The molecule has 0 saturated carbocycles. The Morgan fingerprint density at radius 3 is 3.06 bits per heavy atom. The van der Waals surface area contributed by atoms with Gasteiger partial charge in [0.2, 0.25) is 0 Å². The minimum Gasteiger partial charge on any atom is -0.312 e. The van der Waals surface area contributed by atoms with E-state index in [1.165, 1.54) is 16.7 Å². The fourth-order valence-electron chi connectivity index (χ4n) is 2.41. The van der Waals surface area contributed by atoms with Gasteiger partial charge in [0.15, 0.2) is 0 Å². The Labute approximate surface area is 95.1 Å². The Morgan fingerprint density at radius 2 is 2.25 bits per heavy atom. The van der Waals surface area contributed by atoms with Crippen LogP contribution in [-0.4, -0.2) is 16.3 Å². The van der Waals surface area contributed by atoms with Crippen molar-refractivity contribution < 1.29 is 0 Å². The van der Waals surface area contributed by atoms with Crippen molar-refractivity contribution in [3.05, 3.63) is 53.3 Å². The lowest BCUT2D eigenvalue weighted by atomic mass is 9.87. The first-order valence-corrected chi connectivity index (χ1v) is 5.61. The first-order chi connectivity index (χ1) is 7.84. The molecule has 1 unspecified atom stereocenters. The molecule has 1 aromatic heterocycles. The second-order valence-electron chi connectivity index (χ2n) is 4.33. The summed E-state index contributed by atoms with van der Waals surface area (Å²) < 4.78 is 1.87. The van der Waals surface area contributed by atoms with Crippen LogP contribution in [0.2, 0.25) is 0 Å². The highest BCUT2D eigenvalue weighted by atomic mass is 15.2. The van der Waals surface area contributed by atoms with E-state index in [2.05, 4.69) is 40.9 Å².